The molecule has 5 rings (SSSR count). The van der Waals surface area contributed by atoms with Crippen LogP contribution < -0.4 is 23.8 Å². The molecule has 1 unspecified atom stereocenters. The van der Waals surface area contributed by atoms with E-state index >= 15 is 0 Å². The molecule has 1 N–H and O–H groups in total. The average molecular weight is 545 g/mol. The molecule has 0 aromatic heterocycles. The number of hydrogen-bond donors (Lipinski definition) is 1. The van der Waals surface area contributed by atoms with Gasteiger partial charge < -0.3 is 19.5 Å². The Morgan fingerprint density at radius 1 is 0.872 bits per heavy atom. The highest BCUT2D eigenvalue weighted by Crippen LogP contribution is 2.31. The Bertz CT molecular complexity index is 1520. The van der Waals surface area contributed by atoms with Crippen molar-refractivity contribution in [3.63, 3.8) is 0 Å². The maximum atomic E-state index is 13.7. The zero-order valence-corrected chi connectivity index (χ0v) is 22.1. The van der Waals surface area contributed by atoms with Gasteiger partial charge in [-0.1, -0.05) is 48.0 Å². The van der Waals surface area contributed by atoms with Crippen LogP contribution in [0.1, 0.15) is 5.56 Å². The predicted octanol–water partition coefficient (Wildman–Crippen LogP) is 4.94. The second-order valence-electron chi connectivity index (χ2n) is 9.04. The molecule has 4 aromatic carbocycles. The van der Waals surface area contributed by atoms with Gasteiger partial charge in [0.2, 0.25) is 5.91 Å². The molecule has 1 heterocycles. The number of para-hydroxylation sites is 3. The van der Waals surface area contributed by atoms with Crippen LogP contribution in [0.4, 0.5) is 5.69 Å². The zero-order valence-electron chi connectivity index (χ0n) is 21.3. The van der Waals surface area contributed by atoms with Gasteiger partial charge in [-0.25, -0.2) is 8.42 Å². The first-order chi connectivity index (χ1) is 18.9. The number of rotatable bonds is 9. The van der Waals surface area contributed by atoms with Crippen LogP contribution in [0, 0.1) is 6.92 Å². The standard InChI is InChI=1S/C30H28N2O6S/c1-22-11-17-27(18-12-22)39(34,35)32(23-13-15-25(16-14-23)37-24-7-3-2-4-8-24)20-30(33)31-19-26-21-36-28-9-5-6-10-29(28)38-26/h2-18,26H,19-21H2,1H3,(H,31,33). The number of fused-ring (bicyclic) bond motifs is 1. The number of hydrogen-bond acceptors (Lipinski definition) is 6. The lowest BCUT2D eigenvalue weighted by molar-refractivity contribution is -0.120. The van der Waals surface area contributed by atoms with Crippen LogP contribution in [0.25, 0.3) is 0 Å². The molecule has 0 spiro atoms. The van der Waals surface area contributed by atoms with E-state index in [1.165, 1.54) is 12.1 Å². The molecular formula is C30H28N2O6S. The molecule has 0 saturated heterocycles. The van der Waals surface area contributed by atoms with Crippen molar-refractivity contribution in [1.29, 1.82) is 0 Å². The number of nitrogens with one attached hydrogen (secondary N) is 1. The van der Waals surface area contributed by atoms with Gasteiger partial charge in [0.15, 0.2) is 11.5 Å². The number of benzene rings is 4. The van der Waals surface area contributed by atoms with Crippen molar-refractivity contribution in [2.75, 3.05) is 24.0 Å². The molecule has 1 aliphatic rings. The van der Waals surface area contributed by atoms with Crippen molar-refractivity contribution in [2.24, 2.45) is 0 Å². The summed E-state index contributed by atoms with van der Waals surface area (Å²) in [6, 6.07) is 29.7. The highest BCUT2D eigenvalue weighted by atomic mass is 32.2. The highest BCUT2D eigenvalue weighted by Gasteiger charge is 2.28. The summed E-state index contributed by atoms with van der Waals surface area (Å²) >= 11 is 0. The highest BCUT2D eigenvalue weighted by molar-refractivity contribution is 7.92. The van der Waals surface area contributed by atoms with Gasteiger partial charge in [-0.15, -0.1) is 0 Å². The molecule has 8 nitrogen and oxygen atoms in total. The van der Waals surface area contributed by atoms with Crippen LogP contribution >= 0.6 is 0 Å². The summed E-state index contributed by atoms with van der Waals surface area (Å²) in [5.74, 6) is 1.97. The van der Waals surface area contributed by atoms with Gasteiger partial charge in [-0.2, -0.15) is 0 Å². The molecule has 1 amide bonds. The van der Waals surface area contributed by atoms with Gasteiger partial charge in [-0.3, -0.25) is 9.10 Å². The molecule has 0 radical (unpaired) electrons. The Morgan fingerprint density at radius 3 is 2.23 bits per heavy atom. The first-order valence-electron chi connectivity index (χ1n) is 12.5. The minimum atomic E-state index is -4.05. The molecule has 0 bridgehead atoms. The van der Waals surface area contributed by atoms with Crippen molar-refractivity contribution in [3.8, 4) is 23.0 Å². The van der Waals surface area contributed by atoms with E-state index in [9.17, 15) is 13.2 Å². The van der Waals surface area contributed by atoms with Gasteiger partial charge in [0.1, 0.15) is 30.8 Å². The van der Waals surface area contributed by atoms with Gasteiger partial charge in [0.05, 0.1) is 17.1 Å². The Labute approximate surface area is 227 Å². The minimum absolute atomic E-state index is 0.0890. The van der Waals surface area contributed by atoms with Crippen LogP contribution in [-0.2, 0) is 14.8 Å². The lowest BCUT2D eigenvalue weighted by atomic mass is 10.2. The number of amides is 1. The summed E-state index contributed by atoms with van der Waals surface area (Å²) in [4.78, 5) is 13.1. The molecule has 39 heavy (non-hydrogen) atoms. The molecule has 0 aliphatic carbocycles. The Balaban J connectivity index is 1.32. The van der Waals surface area contributed by atoms with Gasteiger partial charge in [-0.05, 0) is 67.6 Å². The van der Waals surface area contributed by atoms with Crippen LogP contribution in [0.5, 0.6) is 23.0 Å². The lowest BCUT2D eigenvalue weighted by Crippen LogP contribution is -2.45. The van der Waals surface area contributed by atoms with Crippen LogP contribution in [0.15, 0.2) is 108 Å². The van der Waals surface area contributed by atoms with Gasteiger partial charge in [0.25, 0.3) is 10.0 Å². The smallest absolute Gasteiger partial charge is 0.264 e. The topological polar surface area (TPSA) is 94.2 Å². The predicted molar refractivity (Wildman–Crippen MR) is 148 cm³/mol. The fraction of sp³-hybridized carbons (Fsp3) is 0.167. The monoisotopic (exact) mass is 544 g/mol. The SMILES string of the molecule is Cc1ccc(S(=O)(=O)N(CC(=O)NCC2COc3ccccc3O2)c2ccc(Oc3ccccc3)cc2)cc1. The number of ether oxygens (including phenoxy) is 3. The molecular weight excluding hydrogens is 516 g/mol. The number of anilines is 1. The van der Waals surface area contributed by atoms with Crippen molar-refractivity contribution in [1.82, 2.24) is 5.32 Å². The van der Waals surface area contributed by atoms with Crippen molar-refractivity contribution < 1.29 is 27.4 Å². The molecule has 1 aliphatic heterocycles. The van der Waals surface area contributed by atoms with E-state index in [0.717, 1.165) is 9.87 Å². The quantitative estimate of drug-likeness (QED) is 0.321. The Kier molecular flexibility index (Phi) is 7.69. The van der Waals surface area contributed by atoms with E-state index in [-0.39, 0.29) is 18.0 Å². The Morgan fingerprint density at radius 2 is 1.51 bits per heavy atom. The maximum Gasteiger partial charge on any atom is 0.264 e. The van der Waals surface area contributed by atoms with Gasteiger partial charge in [0, 0.05) is 0 Å². The fourth-order valence-electron chi connectivity index (χ4n) is 4.04. The van der Waals surface area contributed by atoms with E-state index in [4.69, 9.17) is 14.2 Å². The third kappa shape index (κ3) is 6.32. The Hall–Kier alpha value is -4.50. The summed E-state index contributed by atoms with van der Waals surface area (Å²) in [5.41, 5.74) is 1.26. The number of aryl methyl sites for hydroxylation is 1. The van der Waals surface area contributed by atoms with E-state index in [1.807, 2.05) is 55.5 Å². The van der Waals surface area contributed by atoms with E-state index < -0.39 is 28.6 Å². The molecule has 0 saturated carbocycles. The number of carbonyl (C=O) groups excluding carboxylic acids is 1. The van der Waals surface area contributed by atoms with Gasteiger partial charge >= 0.3 is 0 Å². The average Bonchev–Trinajstić information content (AvgIpc) is 2.96. The number of nitrogens with zero attached hydrogens (tertiary/aromatic N) is 1. The summed E-state index contributed by atoms with van der Waals surface area (Å²) in [6.07, 6.45) is -0.402. The summed E-state index contributed by atoms with van der Waals surface area (Å²) < 4.78 is 45.9. The van der Waals surface area contributed by atoms with Crippen molar-refractivity contribution >= 4 is 21.6 Å². The first-order valence-corrected chi connectivity index (χ1v) is 13.9. The second kappa shape index (κ2) is 11.5. The summed E-state index contributed by atoms with van der Waals surface area (Å²) in [5, 5.41) is 2.79. The molecule has 1 atom stereocenters. The summed E-state index contributed by atoms with van der Waals surface area (Å²) in [7, 11) is -4.05. The number of sulfonamides is 1. The van der Waals surface area contributed by atoms with Crippen LogP contribution in [0.2, 0.25) is 0 Å². The number of carbonyl (C=O) groups is 1. The van der Waals surface area contributed by atoms with E-state index in [1.54, 1.807) is 42.5 Å². The van der Waals surface area contributed by atoms with Crippen molar-refractivity contribution in [3.05, 3.63) is 109 Å². The van der Waals surface area contributed by atoms with Crippen LogP contribution in [0.3, 0.4) is 0 Å². The molecule has 4 aromatic rings. The van der Waals surface area contributed by atoms with E-state index in [2.05, 4.69) is 5.32 Å². The molecule has 9 heteroatoms. The van der Waals surface area contributed by atoms with Crippen LogP contribution in [-0.4, -0.2) is 40.1 Å². The summed E-state index contributed by atoms with van der Waals surface area (Å²) in [6.45, 7) is 1.89. The van der Waals surface area contributed by atoms with E-state index in [0.29, 0.717) is 28.7 Å². The molecule has 200 valence electrons. The van der Waals surface area contributed by atoms with Crippen molar-refractivity contribution in [2.45, 2.75) is 17.9 Å². The second-order valence-corrected chi connectivity index (χ2v) is 10.9. The fourth-order valence-corrected chi connectivity index (χ4v) is 5.46. The zero-order chi connectivity index (χ0) is 27.2. The third-order valence-electron chi connectivity index (χ3n) is 6.09. The minimum Gasteiger partial charge on any atom is -0.486 e. The normalized spacial score (nSPS) is 14.3. The molecule has 0 fully saturated rings. The lowest BCUT2D eigenvalue weighted by Gasteiger charge is -2.27. The maximum absolute atomic E-state index is 13.7. The largest absolute Gasteiger partial charge is 0.486 e. The third-order valence-corrected chi connectivity index (χ3v) is 7.88. The first kappa shape index (κ1) is 26.1.